The van der Waals surface area contributed by atoms with Gasteiger partial charge in [0.15, 0.2) is 0 Å². The number of carbonyl (C=O) groups is 2. The second kappa shape index (κ2) is 11.7. The minimum Gasteiger partial charge on any atom is -0.444 e. The Balaban J connectivity index is 1.30. The highest BCUT2D eigenvalue weighted by molar-refractivity contribution is 5.87. The number of hydrogen-bond acceptors (Lipinski definition) is 4. The predicted octanol–water partition coefficient (Wildman–Crippen LogP) is 6.30. The first-order valence-corrected chi connectivity index (χ1v) is 14.3. The van der Waals surface area contributed by atoms with Gasteiger partial charge in [-0.25, -0.2) is 4.79 Å². The van der Waals surface area contributed by atoms with Gasteiger partial charge < -0.3 is 15.0 Å². The molecule has 1 aromatic heterocycles. The van der Waals surface area contributed by atoms with Crippen LogP contribution in [0, 0.1) is 0 Å². The first kappa shape index (κ1) is 27.6. The number of fused-ring (bicyclic) bond motifs is 2. The number of aryl methyl sites for hydroxylation is 1. The Morgan fingerprint density at radius 3 is 2.38 bits per heavy atom. The summed E-state index contributed by atoms with van der Waals surface area (Å²) in [6, 6.07) is 24.2. The topological polar surface area (TPSA) is 71.5 Å². The van der Waals surface area contributed by atoms with Gasteiger partial charge in [0.2, 0.25) is 5.91 Å². The van der Waals surface area contributed by atoms with Crippen LogP contribution >= 0.6 is 0 Å². The Morgan fingerprint density at radius 1 is 0.975 bits per heavy atom. The smallest absolute Gasteiger partial charge is 0.408 e. The summed E-state index contributed by atoms with van der Waals surface area (Å²) >= 11 is 0. The van der Waals surface area contributed by atoms with Crippen molar-refractivity contribution in [1.29, 1.82) is 0 Å². The maximum absolute atomic E-state index is 13.8. The molecule has 1 N–H and O–H groups in total. The molecule has 5 rings (SSSR count). The Labute approximate surface area is 237 Å². The molecule has 1 spiro atoms. The van der Waals surface area contributed by atoms with Crippen LogP contribution in [0.3, 0.4) is 0 Å². The average molecular weight is 538 g/mol. The van der Waals surface area contributed by atoms with E-state index in [9.17, 15) is 9.59 Å². The van der Waals surface area contributed by atoms with Gasteiger partial charge in [0.05, 0.1) is 5.69 Å². The lowest BCUT2D eigenvalue weighted by Crippen LogP contribution is -2.53. The number of nitrogens with zero attached hydrogens (tertiary/aromatic N) is 2. The van der Waals surface area contributed by atoms with E-state index in [-0.39, 0.29) is 11.3 Å². The third kappa shape index (κ3) is 6.27. The Hall–Kier alpha value is -3.93. The van der Waals surface area contributed by atoms with Gasteiger partial charge in [-0.1, -0.05) is 66.7 Å². The first-order chi connectivity index (χ1) is 19.2. The average Bonchev–Trinajstić information content (AvgIpc) is 3.26. The number of pyridine rings is 1. The summed E-state index contributed by atoms with van der Waals surface area (Å²) in [6.07, 6.45) is 7.51. The highest BCUT2D eigenvalue weighted by atomic mass is 16.6. The number of alkyl carbamates (subject to hydrolysis) is 1. The monoisotopic (exact) mass is 537 g/mol. The van der Waals surface area contributed by atoms with Gasteiger partial charge in [0.1, 0.15) is 11.6 Å². The lowest BCUT2D eigenvalue weighted by Gasteiger charge is -2.40. The first-order valence-electron chi connectivity index (χ1n) is 14.3. The SMILES string of the molecule is CC(C)(C)OC(=O)NC(CCCc1ccccc1)C(=O)N1CCC2(C=C(c3ccccn3)c3ccccc32)CC1. The number of ether oxygens (including phenoxy) is 1. The van der Waals surface area contributed by atoms with Gasteiger partial charge in [-0.2, -0.15) is 0 Å². The van der Waals surface area contributed by atoms with Crippen LogP contribution in [-0.2, 0) is 21.4 Å². The van der Waals surface area contributed by atoms with E-state index in [1.807, 2.05) is 62.2 Å². The highest BCUT2D eigenvalue weighted by Crippen LogP contribution is 2.48. The summed E-state index contributed by atoms with van der Waals surface area (Å²) < 4.78 is 5.50. The van der Waals surface area contributed by atoms with Crippen LogP contribution in [0.15, 0.2) is 85.1 Å². The van der Waals surface area contributed by atoms with E-state index in [4.69, 9.17) is 4.74 Å². The molecule has 1 fully saturated rings. The number of nitrogens with one attached hydrogen (secondary N) is 1. The van der Waals surface area contributed by atoms with Crippen LogP contribution in [-0.4, -0.2) is 46.6 Å². The normalized spacial score (nSPS) is 16.7. The van der Waals surface area contributed by atoms with E-state index in [2.05, 4.69) is 58.8 Å². The van der Waals surface area contributed by atoms with Crippen molar-refractivity contribution in [2.75, 3.05) is 13.1 Å². The second-order valence-electron chi connectivity index (χ2n) is 11.9. The van der Waals surface area contributed by atoms with Gasteiger partial charge in [0.25, 0.3) is 0 Å². The number of benzene rings is 2. The van der Waals surface area contributed by atoms with Crippen molar-refractivity contribution >= 4 is 17.6 Å². The zero-order valence-electron chi connectivity index (χ0n) is 23.7. The predicted molar refractivity (Wildman–Crippen MR) is 158 cm³/mol. The summed E-state index contributed by atoms with van der Waals surface area (Å²) in [6.45, 7) is 6.74. The number of amides is 2. The molecular formula is C34H39N3O3. The van der Waals surface area contributed by atoms with Crippen molar-refractivity contribution in [1.82, 2.24) is 15.2 Å². The van der Waals surface area contributed by atoms with Crippen molar-refractivity contribution in [3.63, 3.8) is 0 Å². The Kier molecular flexibility index (Phi) is 8.06. The summed E-state index contributed by atoms with van der Waals surface area (Å²) in [5.41, 5.74) is 5.15. The van der Waals surface area contributed by atoms with Crippen molar-refractivity contribution in [2.24, 2.45) is 0 Å². The molecular weight excluding hydrogens is 498 g/mol. The standard InChI is InChI=1S/C34H39N3O3/c1-33(2,3)40-32(39)36-30(18-11-14-25-12-5-4-6-13-25)31(38)37-22-19-34(20-23-37)24-27(29-17-9-10-21-35-29)26-15-7-8-16-28(26)34/h4-10,12-13,15-17,21,24,30H,11,14,18-20,22-23H2,1-3H3,(H,36,39). The van der Waals surface area contributed by atoms with E-state index in [0.717, 1.165) is 31.4 Å². The number of rotatable bonds is 7. The maximum atomic E-state index is 13.8. The number of carbonyl (C=O) groups excluding carboxylic acids is 2. The maximum Gasteiger partial charge on any atom is 0.408 e. The van der Waals surface area contributed by atoms with Gasteiger partial charge in [0, 0.05) is 30.3 Å². The lowest BCUT2D eigenvalue weighted by molar-refractivity contribution is -0.135. The zero-order chi connectivity index (χ0) is 28.2. The molecule has 6 nitrogen and oxygen atoms in total. The van der Waals surface area contributed by atoms with Gasteiger partial charge in [-0.15, -0.1) is 0 Å². The molecule has 0 bridgehead atoms. The molecule has 1 aliphatic carbocycles. The fraction of sp³-hybridized carbons (Fsp3) is 0.382. The van der Waals surface area contributed by atoms with E-state index in [0.29, 0.717) is 19.5 Å². The van der Waals surface area contributed by atoms with Crippen molar-refractivity contribution in [2.45, 2.75) is 69.9 Å². The molecule has 208 valence electrons. The van der Waals surface area contributed by atoms with E-state index in [1.165, 1.54) is 22.3 Å². The summed E-state index contributed by atoms with van der Waals surface area (Å²) in [5, 5.41) is 2.89. The Morgan fingerprint density at radius 2 is 1.68 bits per heavy atom. The minimum absolute atomic E-state index is 0.0333. The molecule has 1 atom stereocenters. The molecule has 6 heteroatoms. The third-order valence-electron chi connectivity index (χ3n) is 7.87. The molecule has 1 unspecified atom stereocenters. The van der Waals surface area contributed by atoms with E-state index < -0.39 is 17.7 Å². The number of allylic oxidation sites excluding steroid dienone is 1. The Bertz CT molecular complexity index is 1350. The van der Waals surface area contributed by atoms with Crippen LogP contribution in [0.5, 0.6) is 0 Å². The van der Waals surface area contributed by atoms with Crippen LogP contribution < -0.4 is 5.32 Å². The fourth-order valence-electron chi connectivity index (χ4n) is 5.94. The molecule has 2 heterocycles. The largest absolute Gasteiger partial charge is 0.444 e. The molecule has 40 heavy (non-hydrogen) atoms. The highest BCUT2D eigenvalue weighted by Gasteiger charge is 2.42. The van der Waals surface area contributed by atoms with Gasteiger partial charge in [-0.05, 0) is 81.7 Å². The molecule has 2 aromatic carbocycles. The van der Waals surface area contributed by atoms with Gasteiger partial charge in [-0.3, -0.25) is 9.78 Å². The molecule has 0 saturated carbocycles. The molecule has 0 radical (unpaired) electrons. The molecule has 2 aliphatic rings. The summed E-state index contributed by atoms with van der Waals surface area (Å²) in [5.74, 6) is -0.0333. The van der Waals surface area contributed by atoms with Crippen molar-refractivity contribution in [3.05, 3.63) is 107 Å². The molecule has 3 aromatic rings. The lowest BCUT2D eigenvalue weighted by atomic mass is 9.74. The quantitative estimate of drug-likeness (QED) is 0.384. The number of likely N-dealkylation sites (tertiary alicyclic amines) is 1. The van der Waals surface area contributed by atoms with Gasteiger partial charge >= 0.3 is 6.09 Å². The zero-order valence-corrected chi connectivity index (χ0v) is 23.7. The summed E-state index contributed by atoms with van der Waals surface area (Å²) in [4.78, 5) is 33.0. The number of hydrogen-bond donors (Lipinski definition) is 1. The van der Waals surface area contributed by atoms with Crippen LogP contribution in [0.2, 0.25) is 0 Å². The fourth-order valence-corrected chi connectivity index (χ4v) is 5.94. The number of aromatic nitrogens is 1. The third-order valence-corrected chi connectivity index (χ3v) is 7.87. The van der Waals surface area contributed by atoms with Crippen molar-refractivity contribution < 1.29 is 14.3 Å². The van der Waals surface area contributed by atoms with Crippen molar-refractivity contribution in [3.8, 4) is 0 Å². The summed E-state index contributed by atoms with van der Waals surface area (Å²) in [7, 11) is 0. The molecule has 1 aliphatic heterocycles. The minimum atomic E-state index is -0.632. The van der Waals surface area contributed by atoms with E-state index in [1.54, 1.807) is 0 Å². The second-order valence-corrected chi connectivity index (χ2v) is 11.9. The molecule has 2 amide bonds. The van der Waals surface area contributed by atoms with Crippen LogP contribution in [0.1, 0.15) is 68.8 Å². The number of piperidine rings is 1. The molecule has 1 saturated heterocycles. The van der Waals surface area contributed by atoms with Crippen LogP contribution in [0.25, 0.3) is 5.57 Å². The van der Waals surface area contributed by atoms with E-state index >= 15 is 0 Å². The van der Waals surface area contributed by atoms with Crippen LogP contribution in [0.4, 0.5) is 4.79 Å².